The van der Waals surface area contributed by atoms with Crippen LogP contribution in [0, 0.1) is 22.7 Å². The Morgan fingerprint density at radius 1 is 0.958 bits per heavy atom. The van der Waals surface area contributed by atoms with Crippen molar-refractivity contribution in [3.63, 3.8) is 0 Å². The lowest BCUT2D eigenvalue weighted by molar-refractivity contribution is -0.151. The van der Waals surface area contributed by atoms with Gasteiger partial charge in [0.2, 0.25) is 0 Å². The molecule has 0 spiro atoms. The van der Waals surface area contributed by atoms with Crippen molar-refractivity contribution in [1.82, 2.24) is 0 Å². The number of phenols is 2. The summed E-state index contributed by atoms with van der Waals surface area (Å²) in [5.74, 6) is 1.37. The Kier molecular flexibility index (Phi) is 3.18. The second-order valence-electron chi connectivity index (χ2n) is 9.65. The van der Waals surface area contributed by atoms with Crippen LogP contribution in [-0.4, -0.2) is 21.4 Å². The van der Waals surface area contributed by atoms with E-state index < -0.39 is 0 Å². The standard InChI is InChI=1S/C21H30O3/c1-19(2)15-5-7-21(4)16(20(15,3)8-6-17(19)24)10-12-9-13(22)11-14(23)18(12)21/h9,11,15-17,22-24H,5-8,10H2,1-4H3/t15-,16+,17-,20-,21+/m0/s1. The van der Waals surface area contributed by atoms with E-state index in [1.54, 1.807) is 0 Å². The van der Waals surface area contributed by atoms with Crippen LogP contribution in [0.3, 0.4) is 0 Å². The van der Waals surface area contributed by atoms with E-state index in [4.69, 9.17) is 0 Å². The largest absolute Gasteiger partial charge is 0.508 e. The second-order valence-corrected chi connectivity index (χ2v) is 9.65. The maximum Gasteiger partial charge on any atom is 0.123 e. The van der Waals surface area contributed by atoms with Crippen LogP contribution in [0.15, 0.2) is 12.1 Å². The van der Waals surface area contributed by atoms with Crippen LogP contribution in [0.2, 0.25) is 0 Å². The maximum absolute atomic E-state index is 10.6. The summed E-state index contributed by atoms with van der Waals surface area (Å²) in [7, 11) is 0. The molecule has 1 aromatic rings. The second kappa shape index (κ2) is 4.69. The molecule has 4 rings (SSSR count). The van der Waals surface area contributed by atoms with Crippen molar-refractivity contribution < 1.29 is 15.3 Å². The van der Waals surface area contributed by atoms with Crippen LogP contribution in [-0.2, 0) is 11.8 Å². The topological polar surface area (TPSA) is 60.7 Å². The first-order valence-corrected chi connectivity index (χ1v) is 9.34. The summed E-state index contributed by atoms with van der Waals surface area (Å²) < 4.78 is 0. The van der Waals surface area contributed by atoms with Gasteiger partial charge in [-0.15, -0.1) is 0 Å². The maximum atomic E-state index is 10.6. The number of hydrogen-bond acceptors (Lipinski definition) is 3. The summed E-state index contributed by atoms with van der Waals surface area (Å²) in [5.41, 5.74) is 2.25. The van der Waals surface area contributed by atoms with E-state index in [-0.39, 0.29) is 33.8 Å². The van der Waals surface area contributed by atoms with Crippen LogP contribution in [0.4, 0.5) is 0 Å². The molecule has 0 radical (unpaired) electrons. The van der Waals surface area contributed by atoms with Gasteiger partial charge in [-0.25, -0.2) is 0 Å². The Labute approximate surface area is 144 Å². The number of aliphatic hydroxyl groups is 1. The normalized spacial score (nSPS) is 43.0. The Hall–Kier alpha value is -1.22. The molecule has 2 fully saturated rings. The molecule has 5 atom stereocenters. The van der Waals surface area contributed by atoms with E-state index >= 15 is 0 Å². The monoisotopic (exact) mass is 330 g/mol. The minimum atomic E-state index is -0.221. The van der Waals surface area contributed by atoms with Gasteiger partial charge in [-0.2, -0.15) is 0 Å². The minimum absolute atomic E-state index is 0.0310. The number of aromatic hydroxyl groups is 2. The van der Waals surface area contributed by atoms with Crippen molar-refractivity contribution in [2.24, 2.45) is 22.7 Å². The lowest BCUT2D eigenvalue weighted by atomic mass is 9.43. The van der Waals surface area contributed by atoms with E-state index in [1.807, 2.05) is 6.07 Å². The molecule has 3 nitrogen and oxygen atoms in total. The van der Waals surface area contributed by atoms with Crippen molar-refractivity contribution >= 4 is 0 Å². The molecule has 0 saturated heterocycles. The van der Waals surface area contributed by atoms with Gasteiger partial charge < -0.3 is 15.3 Å². The highest BCUT2D eigenvalue weighted by molar-refractivity contribution is 5.54. The zero-order valence-electron chi connectivity index (χ0n) is 15.3. The number of fused-ring (bicyclic) bond motifs is 5. The predicted octanol–water partition coefficient (Wildman–Crippen LogP) is 4.13. The fraction of sp³-hybridized carbons (Fsp3) is 0.714. The molecule has 2 saturated carbocycles. The van der Waals surface area contributed by atoms with Gasteiger partial charge >= 0.3 is 0 Å². The number of benzene rings is 1. The molecule has 0 aliphatic heterocycles. The molecular formula is C21H30O3. The third-order valence-corrected chi connectivity index (χ3v) is 8.21. The third kappa shape index (κ3) is 1.82. The molecule has 0 aromatic heterocycles. The van der Waals surface area contributed by atoms with Gasteiger partial charge in [0.25, 0.3) is 0 Å². The molecule has 3 N–H and O–H groups in total. The average molecular weight is 330 g/mol. The molecule has 0 unspecified atom stereocenters. The molecular weight excluding hydrogens is 300 g/mol. The lowest BCUT2D eigenvalue weighted by Gasteiger charge is -2.62. The highest BCUT2D eigenvalue weighted by atomic mass is 16.3. The average Bonchev–Trinajstić information content (AvgIpc) is 2.77. The van der Waals surface area contributed by atoms with Gasteiger partial charge in [-0.1, -0.05) is 27.7 Å². The Bertz CT molecular complexity index is 695. The fourth-order valence-corrected chi connectivity index (χ4v) is 7.01. The summed E-state index contributed by atoms with van der Waals surface area (Å²) in [4.78, 5) is 0. The van der Waals surface area contributed by atoms with E-state index in [0.717, 1.165) is 43.2 Å². The molecule has 0 amide bonds. The van der Waals surface area contributed by atoms with E-state index in [1.165, 1.54) is 6.07 Å². The molecule has 24 heavy (non-hydrogen) atoms. The summed E-state index contributed by atoms with van der Waals surface area (Å²) in [5, 5.41) is 31.0. The molecule has 3 aliphatic rings. The first-order chi connectivity index (χ1) is 11.1. The fourth-order valence-electron chi connectivity index (χ4n) is 7.01. The van der Waals surface area contributed by atoms with E-state index in [0.29, 0.717) is 11.8 Å². The van der Waals surface area contributed by atoms with Gasteiger partial charge in [-0.3, -0.25) is 0 Å². The van der Waals surface area contributed by atoms with Gasteiger partial charge in [0.1, 0.15) is 11.5 Å². The first kappa shape index (κ1) is 16.3. The highest BCUT2D eigenvalue weighted by Gasteiger charge is 2.63. The summed E-state index contributed by atoms with van der Waals surface area (Å²) in [6.07, 6.45) is 4.74. The number of phenolic OH excluding ortho intramolecular Hbond substituents is 2. The van der Waals surface area contributed by atoms with Crippen LogP contribution in [0.1, 0.15) is 64.5 Å². The molecule has 132 valence electrons. The molecule has 3 heteroatoms. The van der Waals surface area contributed by atoms with Crippen molar-refractivity contribution in [2.45, 2.75) is 71.3 Å². The highest BCUT2D eigenvalue weighted by Crippen LogP contribution is 2.68. The van der Waals surface area contributed by atoms with Gasteiger partial charge in [0.15, 0.2) is 0 Å². The predicted molar refractivity (Wildman–Crippen MR) is 94.2 cm³/mol. The van der Waals surface area contributed by atoms with Crippen LogP contribution < -0.4 is 0 Å². The van der Waals surface area contributed by atoms with Gasteiger partial charge in [0.05, 0.1) is 6.10 Å². The van der Waals surface area contributed by atoms with Crippen molar-refractivity contribution in [2.75, 3.05) is 0 Å². The zero-order chi connectivity index (χ0) is 17.5. The smallest absolute Gasteiger partial charge is 0.123 e. The molecule has 1 aromatic carbocycles. The zero-order valence-corrected chi connectivity index (χ0v) is 15.3. The number of aliphatic hydroxyl groups excluding tert-OH is 1. The van der Waals surface area contributed by atoms with E-state index in [9.17, 15) is 15.3 Å². The van der Waals surface area contributed by atoms with E-state index in [2.05, 4.69) is 27.7 Å². The quantitative estimate of drug-likeness (QED) is 0.670. The van der Waals surface area contributed by atoms with Crippen LogP contribution >= 0.6 is 0 Å². The summed E-state index contributed by atoms with van der Waals surface area (Å²) in [6.45, 7) is 9.18. The third-order valence-electron chi connectivity index (χ3n) is 8.21. The molecule has 3 aliphatic carbocycles. The summed E-state index contributed by atoms with van der Waals surface area (Å²) in [6, 6.07) is 3.34. The Balaban J connectivity index is 1.83. The van der Waals surface area contributed by atoms with Crippen molar-refractivity contribution in [3.05, 3.63) is 23.3 Å². The van der Waals surface area contributed by atoms with Gasteiger partial charge in [-0.05, 0) is 66.4 Å². The van der Waals surface area contributed by atoms with Crippen molar-refractivity contribution in [1.29, 1.82) is 0 Å². The number of hydrogen-bond donors (Lipinski definition) is 3. The van der Waals surface area contributed by atoms with Crippen LogP contribution in [0.5, 0.6) is 11.5 Å². The lowest BCUT2D eigenvalue weighted by Crippen LogP contribution is -2.58. The number of rotatable bonds is 0. The SMILES string of the molecule is CC1(C)[C@@H](O)CC[C@]2(C)[C@H]3Cc4cc(O)cc(O)c4[C@]3(C)CC[C@@H]12. The van der Waals surface area contributed by atoms with Crippen molar-refractivity contribution in [3.8, 4) is 11.5 Å². The van der Waals surface area contributed by atoms with Crippen LogP contribution in [0.25, 0.3) is 0 Å². The molecule has 0 heterocycles. The first-order valence-electron chi connectivity index (χ1n) is 9.34. The minimum Gasteiger partial charge on any atom is -0.508 e. The Morgan fingerprint density at radius 3 is 2.38 bits per heavy atom. The summed E-state index contributed by atoms with van der Waals surface area (Å²) >= 11 is 0. The molecule has 0 bridgehead atoms. The van der Waals surface area contributed by atoms with Gasteiger partial charge in [0, 0.05) is 17.0 Å². The Morgan fingerprint density at radius 2 is 1.67 bits per heavy atom.